The van der Waals surface area contributed by atoms with Gasteiger partial charge in [0.1, 0.15) is 0 Å². The van der Waals surface area contributed by atoms with Gasteiger partial charge in [0.25, 0.3) is 0 Å². The Balaban J connectivity index is 1.94. The molecule has 3 nitrogen and oxygen atoms in total. The molecule has 0 bridgehead atoms. The van der Waals surface area contributed by atoms with Gasteiger partial charge in [-0.15, -0.1) is 0 Å². The molecule has 0 spiro atoms. The lowest BCUT2D eigenvalue weighted by Crippen LogP contribution is -2.41. The number of rotatable bonds is 7. The van der Waals surface area contributed by atoms with Gasteiger partial charge in [0, 0.05) is 31.8 Å². The summed E-state index contributed by atoms with van der Waals surface area (Å²) >= 11 is 0. The summed E-state index contributed by atoms with van der Waals surface area (Å²) in [6.45, 7) is 5.09. The smallest absolute Gasteiger partial charge is 0.0480 e. The molecule has 1 saturated heterocycles. The first-order valence-electron chi connectivity index (χ1n) is 8.28. The van der Waals surface area contributed by atoms with Crippen LogP contribution >= 0.6 is 0 Å². The summed E-state index contributed by atoms with van der Waals surface area (Å²) in [4.78, 5) is 2.49. The van der Waals surface area contributed by atoms with E-state index in [2.05, 4.69) is 55.5 Å². The molecule has 0 amide bonds. The molecule has 1 N–H and O–H groups in total. The Kier molecular flexibility index (Phi) is 6.68. The van der Waals surface area contributed by atoms with Crippen molar-refractivity contribution in [3.8, 4) is 0 Å². The van der Waals surface area contributed by atoms with Crippen molar-refractivity contribution in [3.63, 3.8) is 0 Å². The SMILES string of the molecule is CCCc1ccc(C(CN(C)C2CCOCC2)NC)cc1. The molecule has 1 unspecified atom stereocenters. The van der Waals surface area contributed by atoms with Crippen molar-refractivity contribution in [3.05, 3.63) is 35.4 Å². The minimum atomic E-state index is 0.397. The van der Waals surface area contributed by atoms with E-state index >= 15 is 0 Å². The molecule has 1 heterocycles. The highest BCUT2D eigenvalue weighted by Crippen LogP contribution is 2.19. The molecule has 1 atom stereocenters. The molecule has 118 valence electrons. The Labute approximate surface area is 129 Å². The molecule has 0 saturated carbocycles. The van der Waals surface area contributed by atoms with Crippen LogP contribution in [0.2, 0.25) is 0 Å². The van der Waals surface area contributed by atoms with Gasteiger partial charge in [0.05, 0.1) is 0 Å². The molecule has 1 aromatic rings. The molecular formula is C18H30N2O. The maximum Gasteiger partial charge on any atom is 0.0480 e. The van der Waals surface area contributed by atoms with Crippen molar-refractivity contribution >= 4 is 0 Å². The summed E-state index contributed by atoms with van der Waals surface area (Å²) in [6.07, 6.45) is 4.69. The molecule has 3 heteroatoms. The first kappa shape index (κ1) is 16.5. The van der Waals surface area contributed by atoms with E-state index in [4.69, 9.17) is 4.74 Å². The van der Waals surface area contributed by atoms with Crippen LogP contribution in [-0.2, 0) is 11.2 Å². The van der Waals surface area contributed by atoms with E-state index in [1.165, 1.54) is 24.0 Å². The van der Waals surface area contributed by atoms with Crippen LogP contribution in [0.1, 0.15) is 43.4 Å². The third-order valence-electron chi connectivity index (χ3n) is 4.55. The first-order valence-corrected chi connectivity index (χ1v) is 8.28. The van der Waals surface area contributed by atoms with Crippen molar-refractivity contribution in [2.45, 2.75) is 44.7 Å². The first-order chi connectivity index (χ1) is 10.2. The van der Waals surface area contributed by atoms with Crippen LogP contribution in [0.3, 0.4) is 0 Å². The third-order valence-corrected chi connectivity index (χ3v) is 4.55. The summed E-state index contributed by atoms with van der Waals surface area (Å²) in [5.41, 5.74) is 2.82. The maximum absolute atomic E-state index is 5.46. The minimum Gasteiger partial charge on any atom is -0.381 e. The van der Waals surface area contributed by atoms with Crippen LogP contribution in [0.25, 0.3) is 0 Å². The maximum atomic E-state index is 5.46. The predicted octanol–water partition coefficient (Wildman–Crippen LogP) is 3.01. The van der Waals surface area contributed by atoms with E-state index in [-0.39, 0.29) is 0 Å². The lowest BCUT2D eigenvalue weighted by atomic mass is 10.0. The normalized spacial score (nSPS) is 18.1. The van der Waals surface area contributed by atoms with Gasteiger partial charge in [-0.05, 0) is 44.5 Å². The molecule has 0 aliphatic carbocycles. The van der Waals surface area contributed by atoms with Crippen molar-refractivity contribution in [2.75, 3.05) is 33.9 Å². The number of ether oxygens (including phenoxy) is 1. The number of nitrogens with zero attached hydrogens (tertiary/aromatic N) is 1. The van der Waals surface area contributed by atoms with Crippen LogP contribution in [-0.4, -0.2) is 44.8 Å². The van der Waals surface area contributed by atoms with Crippen molar-refractivity contribution < 1.29 is 4.74 Å². The van der Waals surface area contributed by atoms with Crippen LogP contribution in [0, 0.1) is 0 Å². The monoisotopic (exact) mass is 290 g/mol. The molecular weight excluding hydrogens is 260 g/mol. The van der Waals surface area contributed by atoms with Crippen molar-refractivity contribution in [2.24, 2.45) is 0 Å². The zero-order valence-electron chi connectivity index (χ0n) is 13.8. The Morgan fingerprint density at radius 1 is 1.24 bits per heavy atom. The number of hydrogen-bond donors (Lipinski definition) is 1. The molecule has 1 aromatic carbocycles. The fourth-order valence-electron chi connectivity index (χ4n) is 3.13. The lowest BCUT2D eigenvalue weighted by Gasteiger charge is -2.33. The molecule has 1 fully saturated rings. The van der Waals surface area contributed by atoms with Crippen LogP contribution in [0.5, 0.6) is 0 Å². The highest BCUT2D eigenvalue weighted by molar-refractivity contribution is 5.25. The van der Waals surface area contributed by atoms with Gasteiger partial charge in [-0.1, -0.05) is 37.6 Å². The largest absolute Gasteiger partial charge is 0.381 e. The van der Waals surface area contributed by atoms with E-state index in [1.807, 2.05) is 0 Å². The standard InChI is InChI=1S/C18H30N2O/c1-4-5-15-6-8-16(9-7-15)18(19-2)14-20(3)17-10-12-21-13-11-17/h6-9,17-19H,4-5,10-14H2,1-3H3. The quantitative estimate of drug-likeness (QED) is 0.835. The molecule has 1 aliphatic heterocycles. The van der Waals surface area contributed by atoms with Gasteiger partial charge >= 0.3 is 0 Å². The van der Waals surface area contributed by atoms with Gasteiger partial charge < -0.3 is 15.0 Å². The van der Waals surface area contributed by atoms with Gasteiger partial charge in [-0.3, -0.25) is 0 Å². The number of likely N-dealkylation sites (N-methyl/N-ethyl adjacent to an activating group) is 2. The van der Waals surface area contributed by atoms with Crippen LogP contribution < -0.4 is 5.32 Å². The lowest BCUT2D eigenvalue weighted by molar-refractivity contribution is 0.0404. The summed E-state index contributed by atoms with van der Waals surface area (Å²) in [5, 5.41) is 3.47. The Morgan fingerprint density at radius 2 is 1.90 bits per heavy atom. The zero-order chi connectivity index (χ0) is 15.1. The van der Waals surface area contributed by atoms with E-state index in [0.29, 0.717) is 12.1 Å². The fraction of sp³-hybridized carbons (Fsp3) is 0.667. The second kappa shape index (κ2) is 8.52. The van der Waals surface area contributed by atoms with Gasteiger partial charge in [-0.25, -0.2) is 0 Å². The average molecular weight is 290 g/mol. The molecule has 0 radical (unpaired) electrons. The summed E-state index contributed by atoms with van der Waals surface area (Å²) in [7, 11) is 4.30. The molecule has 21 heavy (non-hydrogen) atoms. The van der Waals surface area contributed by atoms with E-state index in [0.717, 1.165) is 32.6 Å². The number of nitrogens with one attached hydrogen (secondary N) is 1. The average Bonchev–Trinajstić information content (AvgIpc) is 2.54. The van der Waals surface area contributed by atoms with Crippen LogP contribution in [0.15, 0.2) is 24.3 Å². The second-order valence-electron chi connectivity index (χ2n) is 6.12. The summed E-state index contributed by atoms with van der Waals surface area (Å²) in [5.74, 6) is 0. The summed E-state index contributed by atoms with van der Waals surface area (Å²) < 4.78 is 5.46. The fourth-order valence-corrected chi connectivity index (χ4v) is 3.13. The minimum absolute atomic E-state index is 0.397. The number of benzene rings is 1. The molecule has 1 aliphatic rings. The highest BCUT2D eigenvalue weighted by atomic mass is 16.5. The van der Waals surface area contributed by atoms with Crippen molar-refractivity contribution in [1.82, 2.24) is 10.2 Å². The summed E-state index contributed by atoms with van der Waals surface area (Å²) in [6, 6.07) is 10.2. The van der Waals surface area contributed by atoms with Crippen molar-refractivity contribution in [1.29, 1.82) is 0 Å². The predicted molar refractivity (Wildman–Crippen MR) is 88.7 cm³/mol. The van der Waals surface area contributed by atoms with Gasteiger partial charge in [0.15, 0.2) is 0 Å². The van der Waals surface area contributed by atoms with Crippen LogP contribution in [0.4, 0.5) is 0 Å². The highest BCUT2D eigenvalue weighted by Gasteiger charge is 2.21. The molecule has 0 aromatic heterocycles. The van der Waals surface area contributed by atoms with Gasteiger partial charge in [-0.2, -0.15) is 0 Å². The Bertz CT molecular complexity index is 398. The Hall–Kier alpha value is -0.900. The van der Waals surface area contributed by atoms with E-state index in [9.17, 15) is 0 Å². The Morgan fingerprint density at radius 3 is 2.48 bits per heavy atom. The molecule has 2 rings (SSSR count). The zero-order valence-corrected chi connectivity index (χ0v) is 13.8. The topological polar surface area (TPSA) is 24.5 Å². The number of hydrogen-bond acceptors (Lipinski definition) is 3. The second-order valence-corrected chi connectivity index (χ2v) is 6.12. The number of aryl methyl sites for hydroxylation is 1. The van der Waals surface area contributed by atoms with E-state index < -0.39 is 0 Å². The third kappa shape index (κ3) is 4.80. The van der Waals surface area contributed by atoms with E-state index in [1.54, 1.807) is 0 Å². The van der Waals surface area contributed by atoms with Gasteiger partial charge in [0.2, 0.25) is 0 Å².